The van der Waals surface area contributed by atoms with Gasteiger partial charge in [-0.15, -0.1) is 28.2 Å². The molecule has 0 radical (unpaired) electrons. The van der Waals surface area contributed by atoms with Crippen LogP contribution in [-0.2, 0) is 36.3 Å². The molecule has 20 heteroatoms. The van der Waals surface area contributed by atoms with E-state index in [0.717, 1.165) is 22.5 Å². The van der Waals surface area contributed by atoms with E-state index in [-0.39, 0.29) is 34.6 Å². The number of sulfonamides is 1. The topological polar surface area (TPSA) is 211 Å². The van der Waals surface area contributed by atoms with Gasteiger partial charge in [-0.1, -0.05) is 29.6 Å². The molecule has 39 heavy (non-hydrogen) atoms. The molecule has 2 amide bonds. The van der Waals surface area contributed by atoms with Crippen molar-refractivity contribution in [3.63, 3.8) is 0 Å². The Hall–Kier alpha value is -3.49. The summed E-state index contributed by atoms with van der Waals surface area (Å²) < 4.78 is 26.7. The molecular formula is C19H21N9O7S4. The summed E-state index contributed by atoms with van der Waals surface area (Å²) in [6.07, 6.45) is 2.36. The number of tetrazole rings is 1. The number of carboxylic acids is 1. The van der Waals surface area contributed by atoms with Gasteiger partial charge in [-0.25, -0.2) is 22.9 Å². The molecule has 1 saturated heterocycles. The zero-order valence-electron chi connectivity index (χ0n) is 20.3. The van der Waals surface area contributed by atoms with Crippen LogP contribution in [0.25, 0.3) is 0 Å². The third-order valence-corrected chi connectivity index (χ3v) is 8.96. The summed E-state index contributed by atoms with van der Waals surface area (Å²) in [6, 6.07) is -1.04. The molecule has 3 N–H and O–H groups in total. The number of hydrogen-bond donors (Lipinski definition) is 3. The van der Waals surface area contributed by atoms with Crippen molar-refractivity contribution >= 4 is 73.5 Å². The van der Waals surface area contributed by atoms with Crippen molar-refractivity contribution in [3.05, 3.63) is 35.0 Å². The second-order valence-corrected chi connectivity index (χ2v) is 12.6. The van der Waals surface area contributed by atoms with Gasteiger partial charge in [0.1, 0.15) is 29.4 Å². The van der Waals surface area contributed by atoms with E-state index >= 15 is 0 Å². The van der Waals surface area contributed by atoms with E-state index in [9.17, 15) is 27.9 Å². The summed E-state index contributed by atoms with van der Waals surface area (Å²) in [5.74, 6) is -2.13. The minimum absolute atomic E-state index is 0.00388. The number of carbonyl (C=O) groups is 3. The Labute approximate surface area is 234 Å². The van der Waals surface area contributed by atoms with Gasteiger partial charge in [-0.05, 0) is 16.0 Å². The molecule has 0 spiro atoms. The lowest BCUT2D eigenvalue weighted by Crippen LogP contribution is -2.71. The van der Waals surface area contributed by atoms with E-state index in [1.165, 1.54) is 39.7 Å². The van der Waals surface area contributed by atoms with Crippen LogP contribution in [0, 0.1) is 0 Å². The maximum Gasteiger partial charge on any atom is 0.352 e. The van der Waals surface area contributed by atoms with Crippen molar-refractivity contribution in [1.82, 2.24) is 35.4 Å². The molecule has 2 aromatic heterocycles. The van der Waals surface area contributed by atoms with Gasteiger partial charge in [-0.2, -0.15) is 0 Å². The Balaban J connectivity index is 1.50. The third kappa shape index (κ3) is 6.40. The fourth-order valence-corrected chi connectivity index (χ4v) is 7.33. The van der Waals surface area contributed by atoms with E-state index in [1.54, 1.807) is 7.05 Å². The summed E-state index contributed by atoms with van der Waals surface area (Å²) in [5.41, 5.74) is 0.0841. The number of carbonyl (C=O) groups excluding carboxylic acids is 2. The maximum absolute atomic E-state index is 13.1. The third-order valence-electron chi connectivity index (χ3n) is 5.08. The second kappa shape index (κ2) is 11.7. The second-order valence-electron chi connectivity index (χ2n) is 7.93. The summed E-state index contributed by atoms with van der Waals surface area (Å²) in [6.45, 7) is 3.48. The first-order chi connectivity index (χ1) is 18.5. The molecule has 1 unspecified atom stereocenters. The number of aliphatic carboxylic acids is 1. The molecule has 0 bridgehead atoms. The molecule has 16 nitrogen and oxygen atoms in total. The van der Waals surface area contributed by atoms with Crippen molar-refractivity contribution in [2.24, 2.45) is 12.2 Å². The number of thioether (sulfide) groups is 2. The number of nitrogens with one attached hydrogen (secondary N) is 2. The zero-order valence-corrected chi connectivity index (χ0v) is 23.6. The van der Waals surface area contributed by atoms with E-state index in [2.05, 4.69) is 42.3 Å². The summed E-state index contributed by atoms with van der Waals surface area (Å²) in [7, 11) is -1.95. The lowest BCUT2D eigenvalue weighted by atomic mass is 10.0. The van der Waals surface area contributed by atoms with Crippen molar-refractivity contribution in [1.29, 1.82) is 0 Å². The van der Waals surface area contributed by atoms with Crippen molar-refractivity contribution in [2.45, 2.75) is 16.6 Å². The largest absolute Gasteiger partial charge is 0.477 e. The highest BCUT2D eigenvalue weighted by Crippen LogP contribution is 2.41. The van der Waals surface area contributed by atoms with Gasteiger partial charge in [-0.3, -0.25) is 19.2 Å². The number of nitrogens with zero attached hydrogens (tertiary/aromatic N) is 7. The van der Waals surface area contributed by atoms with Gasteiger partial charge in [0.25, 0.3) is 11.8 Å². The normalized spacial score (nSPS) is 19.3. The summed E-state index contributed by atoms with van der Waals surface area (Å²) in [5, 5.41) is 28.6. The Morgan fingerprint density at radius 3 is 2.85 bits per heavy atom. The standard InChI is InChI=1S/C19H21N9O7S4/c1-4-5-35-23-11(10-8-37-18(20-10)24-39(3,33)34)14(29)21-12-15(30)28-13(17(31)32)9(6-36-16(12)28)7-38-19-22-25-26-27(19)2/h4,8,12,16H,1,5-7H2,2-3H3,(H,20,24)(H,21,29)(H,31,32)/t12?,16-/m1/s1. The number of amides is 2. The van der Waals surface area contributed by atoms with E-state index < -0.39 is 39.2 Å². The highest BCUT2D eigenvalue weighted by molar-refractivity contribution is 8.01. The minimum atomic E-state index is -3.61. The molecule has 208 valence electrons. The van der Waals surface area contributed by atoms with E-state index in [0.29, 0.717) is 16.5 Å². The number of anilines is 1. The highest BCUT2D eigenvalue weighted by Gasteiger charge is 2.54. The van der Waals surface area contributed by atoms with Crippen LogP contribution in [0.15, 0.2) is 39.6 Å². The van der Waals surface area contributed by atoms with Gasteiger partial charge in [0, 0.05) is 23.9 Å². The number of rotatable bonds is 12. The molecule has 2 aliphatic heterocycles. The van der Waals surface area contributed by atoms with Crippen LogP contribution in [0.1, 0.15) is 5.69 Å². The van der Waals surface area contributed by atoms with E-state index in [1.807, 2.05) is 0 Å². The maximum atomic E-state index is 13.1. The molecule has 2 atom stereocenters. The van der Waals surface area contributed by atoms with Crippen LogP contribution >= 0.6 is 34.9 Å². The average molecular weight is 616 g/mol. The SMILES string of the molecule is C=CCON=C(C(=O)NC1C(=O)N2C(C(=O)O)=C(CSc3nnnn3C)CS[C@H]12)c1csc(NS(C)(=O)=O)n1. The first kappa shape index (κ1) is 28.5. The monoisotopic (exact) mass is 615 g/mol. The molecule has 0 aliphatic carbocycles. The Morgan fingerprint density at radius 1 is 1.44 bits per heavy atom. The molecule has 4 rings (SSSR count). The number of oxime groups is 1. The van der Waals surface area contributed by atoms with Crippen LogP contribution in [0.5, 0.6) is 0 Å². The Morgan fingerprint density at radius 2 is 2.21 bits per heavy atom. The predicted octanol–water partition coefficient (Wildman–Crippen LogP) is -0.524. The van der Waals surface area contributed by atoms with Gasteiger partial charge in [0.2, 0.25) is 15.2 Å². The molecule has 4 heterocycles. The van der Waals surface area contributed by atoms with Crippen LogP contribution in [-0.4, -0.2) is 103 Å². The van der Waals surface area contributed by atoms with Gasteiger partial charge in [0.05, 0.1) is 6.26 Å². The first-order valence-corrected chi connectivity index (χ1v) is 15.6. The number of fused-ring (bicyclic) bond motifs is 1. The Kier molecular flexibility index (Phi) is 8.57. The molecule has 0 aromatic carbocycles. The smallest absolute Gasteiger partial charge is 0.352 e. The molecule has 1 fully saturated rings. The molecular weight excluding hydrogens is 595 g/mol. The van der Waals surface area contributed by atoms with Crippen LogP contribution < -0.4 is 10.0 Å². The van der Waals surface area contributed by atoms with Gasteiger partial charge < -0.3 is 15.3 Å². The lowest BCUT2D eigenvalue weighted by molar-refractivity contribution is -0.150. The minimum Gasteiger partial charge on any atom is -0.477 e. The number of hydrogen-bond acceptors (Lipinski definition) is 14. The molecule has 2 aromatic rings. The number of thiazole rings is 1. The van der Waals surface area contributed by atoms with Crippen LogP contribution in [0.4, 0.5) is 5.13 Å². The quantitative estimate of drug-likeness (QED) is 0.0686. The number of carboxylic acid groups (broad SMARTS) is 1. The first-order valence-electron chi connectivity index (χ1n) is 10.8. The lowest BCUT2D eigenvalue weighted by Gasteiger charge is -2.49. The number of aromatic nitrogens is 5. The average Bonchev–Trinajstić information content (AvgIpc) is 3.50. The van der Waals surface area contributed by atoms with Gasteiger partial charge >= 0.3 is 5.97 Å². The Bertz CT molecular complexity index is 1480. The van der Waals surface area contributed by atoms with Crippen molar-refractivity contribution in [3.8, 4) is 0 Å². The van der Waals surface area contributed by atoms with Crippen molar-refractivity contribution in [2.75, 3.05) is 29.1 Å². The molecule has 0 saturated carbocycles. The number of β-lactam (4-membered cyclic amide) rings is 1. The van der Waals surface area contributed by atoms with Crippen LogP contribution in [0.2, 0.25) is 0 Å². The summed E-state index contributed by atoms with van der Waals surface area (Å²) in [4.78, 5) is 48.6. The van der Waals surface area contributed by atoms with Crippen LogP contribution in [0.3, 0.4) is 0 Å². The predicted molar refractivity (Wildman–Crippen MR) is 142 cm³/mol. The molecule has 2 aliphatic rings. The summed E-state index contributed by atoms with van der Waals surface area (Å²) >= 11 is 3.46. The zero-order chi connectivity index (χ0) is 28.3. The highest BCUT2D eigenvalue weighted by atomic mass is 32.2. The van der Waals surface area contributed by atoms with Crippen molar-refractivity contribution < 1.29 is 32.7 Å². The van der Waals surface area contributed by atoms with E-state index in [4.69, 9.17) is 4.84 Å². The fraction of sp³-hybridized carbons (Fsp3) is 0.368. The van der Waals surface area contributed by atoms with Gasteiger partial charge in [0.15, 0.2) is 10.8 Å². The fourth-order valence-electron chi connectivity index (χ4n) is 3.45. The number of aryl methyl sites for hydroxylation is 1.